The lowest BCUT2D eigenvalue weighted by molar-refractivity contribution is -0.125. The minimum atomic E-state index is -0.350. The van der Waals surface area contributed by atoms with Crippen LogP contribution in [0.15, 0.2) is 0 Å². The number of carbonyl (C=O) groups excluding carboxylic acids is 2. The van der Waals surface area contributed by atoms with Crippen molar-refractivity contribution in [3.8, 4) is 0 Å². The Bertz CT molecular complexity index is 300. The van der Waals surface area contributed by atoms with E-state index in [2.05, 4.69) is 10.6 Å². The van der Waals surface area contributed by atoms with Crippen molar-refractivity contribution in [1.29, 1.82) is 0 Å². The zero-order valence-corrected chi connectivity index (χ0v) is 9.29. The molecule has 2 aliphatic rings. The molecule has 1 atom stereocenters. The SMILES string of the molecule is O=C1CC[C@H](C(=O)NCC2(CCO)CC2)N1. The van der Waals surface area contributed by atoms with Gasteiger partial charge < -0.3 is 15.7 Å². The Morgan fingerprint density at radius 1 is 1.56 bits per heavy atom. The number of hydrogen-bond donors (Lipinski definition) is 3. The van der Waals surface area contributed by atoms with Gasteiger partial charge in [0, 0.05) is 19.6 Å². The van der Waals surface area contributed by atoms with Crippen molar-refractivity contribution in [3.63, 3.8) is 0 Å². The molecular formula is C11H18N2O3. The molecule has 0 aromatic carbocycles. The summed E-state index contributed by atoms with van der Waals surface area (Å²) >= 11 is 0. The predicted octanol–water partition coefficient (Wildman–Crippen LogP) is -0.456. The Hall–Kier alpha value is -1.10. The van der Waals surface area contributed by atoms with Gasteiger partial charge >= 0.3 is 0 Å². The number of amides is 2. The molecule has 0 aromatic heterocycles. The summed E-state index contributed by atoms with van der Waals surface area (Å²) in [7, 11) is 0. The third-order valence-corrected chi connectivity index (χ3v) is 3.55. The van der Waals surface area contributed by atoms with Gasteiger partial charge in [0.05, 0.1) is 0 Å². The molecule has 5 heteroatoms. The monoisotopic (exact) mass is 226 g/mol. The lowest BCUT2D eigenvalue weighted by Crippen LogP contribution is -2.43. The summed E-state index contributed by atoms with van der Waals surface area (Å²) in [6.45, 7) is 0.800. The molecule has 3 N–H and O–H groups in total. The molecule has 0 radical (unpaired) electrons. The molecule has 0 bridgehead atoms. The number of carbonyl (C=O) groups is 2. The van der Waals surface area contributed by atoms with Crippen LogP contribution < -0.4 is 10.6 Å². The van der Waals surface area contributed by atoms with Crippen molar-refractivity contribution in [2.75, 3.05) is 13.2 Å². The van der Waals surface area contributed by atoms with E-state index in [9.17, 15) is 9.59 Å². The second-order valence-electron chi connectivity index (χ2n) is 4.85. The lowest BCUT2D eigenvalue weighted by atomic mass is 10.0. The summed E-state index contributed by atoms with van der Waals surface area (Å²) in [5.74, 6) is -0.133. The van der Waals surface area contributed by atoms with Crippen molar-refractivity contribution in [2.24, 2.45) is 5.41 Å². The molecule has 90 valence electrons. The van der Waals surface area contributed by atoms with Crippen LogP contribution in [0.3, 0.4) is 0 Å². The zero-order valence-electron chi connectivity index (χ0n) is 9.29. The average Bonchev–Trinajstić information content (AvgIpc) is 2.89. The minimum Gasteiger partial charge on any atom is -0.396 e. The first-order chi connectivity index (χ1) is 7.65. The molecule has 16 heavy (non-hydrogen) atoms. The first-order valence-electron chi connectivity index (χ1n) is 5.83. The quantitative estimate of drug-likeness (QED) is 0.594. The highest BCUT2D eigenvalue weighted by atomic mass is 16.3. The van der Waals surface area contributed by atoms with Gasteiger partial charge in [-0.2, -0.15) is 0 Å². The Kier molecular flexibility index (Phi) is 3.14. The van der Waals surface area contributed by atoms with Crippen LogP contribution in [0.5, 0.6) is 0 Å². The molecule has 0 spiro atoms. The maximum absolute atomic E-state index is 11.7. The van der Waals surface area contributed by atoms with Crippen LogP contribution in [0.4, 0.5) is 0 Å². The van der Waals surface area contributed by atoms with Crippen molar-refractivity contribution in [2.45, 2.75) is 38.1 Å². The van der Waals surface area contributed by atoms with E-state index in [4.69, 9.17) is 5.11 Å². The van der Waals surface area contributed by atoms with E-state index in [1.165, 1.54) is 0 Å². The van der Waals surface area contributed by atoms with Gasteiger partial charge in [-0.3, -0.25) is 9.59 Å². The lowest BCUT2D eigenvalue weighted by Gasteiger charge is -2.16. The van der Waals surface area contributed by atoms with Crippen molar-refractivity contribution in [1.82, 2.24) is 10.6 Å². The van der Waals surface area contributed by atoms with Crippen molar-refractivity contribution in [3.05, 3.63) is 0 Å². The Morgan fingerprint density at radius 3 is 2.81 bits per heavy atom. The van der Waals surface area contributed by atoms with Gasteiger partial charge in [-0.1, -0.05) is 0 Å². The van der Waals surface area contributed by atoms with Crippen LogP contribution in [0.2, 0.25) is 0 Å². The van der Waals surface area contributed by atoms with Gasteiger partial charge in [-0.25, -0.2) is 0 Å². The van der Waals surface area contributed by atoms with E-state index in [0.29, 0.717) is 19.4 Å². The van der Waals surface area contributed by atoms with E-state index in [1.54, 1.807) is 0 Å². The molecule has 2 amide bonds. The average molecular weight is 226 g/mol. The number of rotatable bonds is 5. The highest BCUT2D eigenvalue weighted by Gasteiger charge is 2.42. The fraction of sp³-hybridized carbons (Fsp3) is 0.818. The van der Waals surface area contributed by atoms with E-state index in [-0.39, 0.29) is 29.9 Å². The minimum absolute atomic E-state index is 0.0448. The molecule has 5 nitrogen and oxygen atoms in total. The van der Waals surface area contributed by atoms with Crippen LogP contribution in [0.1, 0.15) is 32.1 Å². The third-order valence-electron chi connectivity index (χ3n) is 3.55. The van der Waals surface area contributed by atoms with Gasteiger partial charge in [0.2, 0.25) is 11.8 Å². The van der Waals surface area contributed by atoms with Gasteiger partial charge in [0.1, 0.15) is 6.04 Å². The summed E-state index contributed by atoms with van der Waals surface area (Å²) in [5.41, 5.74) is 0.132. The van der Waals surface area contributed by atoms with Crippen LogP contribution in [-0.2, 0) is 9.59 Å². The molecular weight excluding hydrogens is 208 g/mol. The first-order valence-corrected chi connectivity index (χ1v) is 5.83. The summed E-state index contributed by atoms with van der Waals surface area (Å²) in [4.78, 5) is 22.6. The summed E-state index contributed by atoms with van der Waals surface area (Å²) in [5, 5.41) is 14.4. The number of hydrogen-bond acceptors (Lipinski definition) is 3. The molecule has 0 aromatic rings. The van der Waals surface area contributed by atoms with E-state index < -0.39 is 0 Å². The summed E-state index contributed by atoms with van der Waals surface area (Å²) < 4.78 is 0. The summed E-state index contributed by atoms with van der Waals surface area (Å²) in [6.07, 6.45) is 3.94. The number of aliphatic hydroxyl groups excluding tert-OH is 1. The molecule has 1 heterocycles. The van der Waals surface area contributed by atoms with Crippen LogP contribution in [-0.4, -0.2) is 36.1 Å². The van der Waals surface area contributed by atoms with Crippen LogP contribution in [0.25, 0.3) is 0 Å². The van der Waals surface area contributed by atoms with Gasteiger partial charge in [-0.15, -0.1) is 0 Å². The standard InChI is InChI=1S/C11H18N2O3/c14-6-5-11(3-4-11)7-12-10(16)8-1-2-9(15)13-8/h8,14H,1-7H2,(H,12,16)(H,13,15)/t8-/m1/s1. The highest BCUT2D eigenvalue weighted by Crippen LogP contribution is 2.47. The molecule has 1 aliphatic carbocycles. The normalized spacial score (nSPS) is 26.3. The van der Waals surface area contributed by atoms with Crippen LogP contribution in [0, 0.1) is 5.41 Å². The maximum atomic E-state index is 11.7. The predicted molar refractivity (Wildman–Crippen MR) is 57.5 cm³/mol. The van der Waals surface area contributed by atoms with E-state index >= 15 is 0 Å². The molecule has 1 aliphatic heterocycles. The van der Waals surface area contributed by atoms with Crippen molar-refractivity contribution >= 4 is 11.8 Å². The maximum Gasteiger partial charge on any atom is 0.242 e. The van der Waals surface area contributed by atoms with Crippen LogP contribution >= 0.6 is 0 Å². The Morgan fingerprint density at radius 2 is 2.31 bits per heavy atom. The molecule has 1 saturated carbocycles. The van der Waals surface area contributed by atoms with Gasteiger partial charge in [-0.05, 0) is 31.1 Å². The second kappa shape index (κ2) is 4.41. The summed E-state index contributed by atoms with van der Waals surface area (Å²) in [6, 6.07) is -0.350. The third kappa shape index (κ3) is 2.52. The van der Waals surface area contributed by atoms with Gasteiger partial charge in [0.15, 0.2) is 0 Å². The molecule has 2 rings (SSSR count). The number of aliphatic hydroxyl groups is 1. The smallest absolute Gasteiger partial charge is 0.242 e. The topological polar surface area (TPSA) is 78.4 Å². The second-order valence-corrected chi connectivity index (χ2v) is 4.85. The fourth-order valence-corrected chi connectivity index (χ4v) is 2.14. The van der Waals surface area contributed by atoms with Crippen molar-refractivity contribution < 1.29 is 14.7 Å². The largest absolute Gasteiger partial charge is 0.396 e. The van der Waals surface area contributed by atoms with Gasteiger partial charge in [0.25, 0.3) is 0 Å². The molecule has 2 fully saturated rings. The first kappa shape index (κ1) is 11.4. The molecule has 1 saturated heterocycles. The molecule has 0 unspecified atom stereocenters. The van der Waals surface area contributed by atoms with E-state index in [1.807, 2.05) is 0 Å². The number of nitrogens with one attached hydrogen (secondary N) is 2. The fourth-order valence-electron chi connectivity index (χ4n) is 2.14. The Balaban J connectivity index is 1.74. The van der Waals surface area contributed by atoms with E-state index in [0.717, 1.165) is 19.3 Å². The highest BCUT2D eigenvalue weighted by molar-refractivity contribution is 5.90. The zero-order chi connectivity index (χ0) is 11.6. The Labute approximate surface area is 94.6 Å².